The van der Waals surface area contributed by atoms with Crippen LogP contribution in [0.15, 0.2) is 0 Å². The minimum absolute atomic E-state index is 0.133. The van der Waals surface area contributed by atoms with E-state index in [4.69, 9.17) is 4.74 Å². The van der Waals surface area contributed by atoms with E-state index in [1.165, 1.54) is 4.88 Å². The molecule has 1 rings (SSSR count). The molecule has 1 aromatic rings. The number of aryl methyl sites for hydroxylation is 2. The standard InChI is InChI=1S/C15H27N3O2S/c1-9(8-16-14(19)20-15(5,6)7)17-10(2)13-11(3)21-12(4)18-13/h9-10,17H,8H2,1-7H3,(H,16,19). The van der Waals surface area contributed by atoms with E-state index in [1.54, 1.807) is 11.3 Å². The van der Waals surface area contributed by atoms with Crippen LogP contribution in [0.2, 0.25) is 0 Å². The van der Waals surface area contributed by atoms with Gasteiger partial charge in [0.25, 0.3) is 0 Å². The molecule has 0 aliphatic rings. The number of carbonyl (C=O) groups is 1. The van der Waals surface area contributed by atoms with Gasteiger partial charge in [-0.15, -0.1) is 11.3 Å². The number of amides is 1. The molecule has 0 radical (unpaired) electrons. The van der Waals surface area contributed by atoms with Crippen LogP contribution in [0.3, 0.4) is 0 Å². The monoisotopic (exact) mass is 313 g/mol. The van der Waals surface area contributed by atoms with Gasteiger partial charge in [0.05, 0.1) is 10.7 Å². The number of rotatable bonds is 5. The Labute approximate surface area is 131 Å². The molecule has 2 N–H and O–H groups in total. The van der Waals surface area contributed by atoms with Crippen molar-refractivity contribution in [2.75, 3.05) is 6.54 Å². The van der Waals surface area contributed by atoms with Gasteiger partial charge in [0.15, 0.2) is 0 Å². The summed E-state index contributed by atoms with van der Waals surface area (Å²) in [5.41, 5.74) is 0.616. The molecule has 120 valence electrons. The molecule has 1 heterocycles. The summed E-state index contributed by atoms with van der Waals surface area (Å²) in [6, 6.07) is 0.291. The average molecular weight is 313 g/mol. The normalized spacial score (nSPS) is 14.6. The molecule has 1 aromatic heterocycles. The SMILES string of the molecule is Cc1nc(C(C)NC(C)CNC(=O)OC(C)(C)C)c(C)s1. The van der Waals surface area contributed by atoms with Crippen LogP contribution in [0.4, 0.5) is 4.79 Å². The Bertz CT molecular complexity index is 480. The molecule has 0 spiro atoms. The van der Waals surface area contributed by atoms with Crippen molar-refractivity contribution in [3.63, 3.8) is 0 Å². The summed E-state index contributed by atoms with van der Waals surface area (Å²) in [4.78, 5) is 17.4. The summed E-state index contributed by atoms with van der Waals surface area (Å²) in [5, 5.41) is 7.30. The number of aromatic nitrogens is 1. The summed E-state index contributed by atoms with van der Waals surface area (Å²) < 4.78 is 5.21. The van der Waals surface area contributed by atoms with Crippen molar-refractivity contribution in [3.05, 3.63) is 15.6 Å². The summed E-state index contributed by atoms with van der Waals surface area (Å²) in [5.74, 6) is 0. The highest BCUT2D eigenvalue weighted by atomic mass is 32.1. The summed E-state index contributed by atoms with van der Waals surface area (Å²) >= 11 is 1.71. The Morgan fingerprint density at radius 1 is 1.33 bits per heavy atom. The third-order valence-corrected chi connectivity index (χ3v) is 3.74. The Morgan fingerprint density at radius 3 is 2.43 bits per heavy atom. The van der Waals surface area contributed by atoms with Crippen LogP contribution in [-0.4, -0.2) is 29.3 Å². The molecule has 0 saturated carbocycles. The number of nitrogens with one attached hydrogen (secondary N) is 2. The lowest BCUT2D eigenvalue weighted by Gasteiger charge is -2.22. The first-order valence-corrected chi connectivity index (χ1v) is 8.07. The van der Waals surface area contributed by atoms with E-state index in [1.807, 2.05) is 34.6 Å². The zero-order valence-corrected chi connectivity index (χ0v) is 14.9. The number of thiazole rings is 1. The predicted molar refractivity (Wildman–Crippen MR) is 86.8 cm³/mol. The zero-order valence-electron chi connectivity index (χ0n) is 14.0. The maximum atomic E-state index is 11.6. The van der Waals surface area contributed by atoms with Gasteiger partial charge < -0.3 is 15.4 Å². The second-order valence-corrected chi connectivity index (χ2v) is 7.75. The third kappa shape index (κ3) is 6.44. The Morgan fingerprint density at radius 2 is 1.95 bits per heavy atom. The van der Waals surface area contributed by atoms with Gasteiger partial charge in [0.1, 0.15) is 5.60 Å². The molecule has 2 unspecified atom stereocenters. The first-order chi connectivity index (χ1) is 9.58. The number of hydrogen-bond acceptors (Lipinski definition) is 5. The first kappa shape index (κ1) is 17.9. The topological polar surface area (TPSA) is 63.2 Å². The van der Waals surface area contributed by atoms with Crippen LogP contribution in [-0.2, 0) is 4.74 Å². The average Bonchev–Trinajstić information content (AvgIpc) is 2.63. The lowest BCUT2D eigenvalue weighted by molar-refractivity contribution is 0.0522. The van der Waals surface area contributed by atoms with E-state index < -0.39 is 5.60 Å². The molecular formula is C15H27N3O2S. The highest BCUT2D eigenvalue weighted by Gasteiger charge is 2.18. The number of ether oxygens (including phenoxy) is 1. The molecular weight excluding hydrogens is 286 g/mol. The molecule has 0 bridgehead atoms. The summed E-state index contributed by atoms with van der Waals surface area (Å²) in [6.45, 7) is 14.3. The third-order valence-electron chi connectivity index (χ3n) is 2.84. The Kier molecular flexibility index (Phi) is 6.16. The first-order valence-electron chi connectivity index (χ1n) is 7.25. The highest BCUT2D eigenvalue weighted by Crippen LogP contribution is 2.22. The van der Waals surface area contributed by atoms with E-state index in [2.05, 4.69) is 29.5 Å². The van der Waals surface area contributed by atoms with Crippen molar-refractivity contribution in [2.24, 2.45) is 0 Å². The molecule has 21 heavy (non-hydrogen) atoms. The summed E-state index contributed by atoms with van der Waals surface area (Å²) in [7, 11) is 0. The highest BCUT2D eigenvalue weighted by molar-refractivity contribution is 7.11. The number of hydrogen-bond donors (Lipinski definition) is 2. The molecule has 0 aromatic carbocycles. The van der Waals surface area contributed by atoms with Gasteiger partial charge in [-0.2, -0.15) is 0 Å². The van der Waals surface area contributed by atoms with Gasteiger partial charge >= 0.3 is 6.09 Å². The quantitative estimate of drug-likeness (QED) is 0.875. The van der Waals surface area contributed by atoms with Gasteiger partial charge in [-0.05, 0) is 48.5 Å². The van der Waals surface area contributed by atoms with Gasteiger partial charge in [-0.3, -0.25) is 0 Å². The zero-order chi connectivity index (χ0) is 16.2. The predicted octanol–water partition coefficient (Wildman–Crippen LogP) is 3.32. The molecule has 0 fully saturated rings. The molecule has 1 amide bonds. The summed E-state index contributed by atoms with van der Waals surface area (Å²) in [6.07, 6.45) is -0.385. The molecule has 6 heteroatoms. The number of alkyl carbamates (subject to hydrolysis) is 1. The van der Waals surface area contributed by atoms with Crippen LogP contribution in [0.1, 0.15) is 56.2 Å². The van der Waals surface area contributed by atoms with Crippen molar-refractivity contribution < 1.29 is 9.53 Å². The Balaban J connectivity index is 2.41. The van der Waals surface area contributed by atoms with Crippen LogP contribution in [0.25, 0.3) is 0 Å². The largest absolute Gasteiger partial charge is 0.444 e. The second-order valence-electron chi connectivity index (χ2n) is 6.35. The number of nitrogens with zero attached hydrogens (tertiary/aromatic N) is 1. The minimum Gasteiger partial charge on any atom is -0.444 e. The van der Waals surface area contributed by atoms with E-state index >= 15 is 0 Å². The molecule has 0 aliphatic heterocycles. The van der Waals surface area contributed by atoms with E-state index in [0.29, 0.717) is 6.54 Å². The fourth-order valence-electron chi connectivity index (χ4n) is 2.06. The van der Waals surface area contributed by atoms with Crippen molar-refractivity contribution in [3.8, 4) is 0 Å². The van der Waals surface area contributed by atoms with Crippen LogP contribution in [0, 0.1) is 13.8 Å². The van der Waals surface area contributed by atoms with Crippen molar-refractivity contribution in [1.82, 2.24) is 15.6 Å². The van der Waals surface area contributed by atoms with Crippen LogP contribution < -0.4 is 10.6 Å². The lowest BCUT2D eigenvalue weighted by Crippen LogP contribution is -2.42. The molecule has 5 nitrogen and oxygen atoms in total. The van der Waals surface area contributed by atoms with Gasteiger partial charge in [0.2, 0.25) is 0 Å². The smallest absolute Gasteiger partial charge is 0.407 e. The van der Waals surface area contributed by atoms with Gasteiger partial charge in [-0.25, -0.2) is 9.78 Å². The molecule has 0 saturated heterocycles. The van der Waals surface area contributed by atoms with Crippen LogP contribution in [0.5, 0.6) is 0 Å². The van der Waals surface area contributed by atoms with Crippen molar-refractivity contribution >= 4 is 17.4 Å². The van der Waals surface area contributed by atoms with Gasteiger partial charge in [0, 0.05) is 23.5 Å². The van der Waals surface area contributed by atoms with E-state index in [-0.39, 0.29) is 18.2 Å². The number of carbonyl (C=O) groups excluding carboxylic acids is 1. The molecule has 2 atom stereocenters. The molecule has 0 aliphatic carbocycles. The minimum atomic E-state index is -0.469. The maximum absolute atomic E-state index is 11.6. The van der Waals surface area contributed by atoms with Gasteiger partial charge in [-0.1, -0.05) is 0 Å². The Hall–Kier alpha value is -1.14. The van der Waals surface area contributed by atoms with Crippen molar-refractivity contribution in [2.45, 2.75) is 66.2 Å². The second kappa shape index (κ2) is 7.22. The maximum Gasteiger partial charge on any atom is 0.407 e. The van der Waals surface area contributed by atoms with Crippen molar-refractivity contribution in [1.29, 1.82) is 0 Å². The van der Waals surface area contributed by atoms with E-state index in [9.17, 15) is 4.79 Å². The lowest BCUT2D eigenvalue weighted by atomic mass is 10.2. The fraction of sp³-hybridized carbons (Fsp3) is 0.733. The fourth-order valence-corrected chi connectivity index (χ4v) is 2.98. The van der Waals surface area contributed by atoms with Crippen LogP contribution >= 0.6 is 11.3 Å². The van der Waals surface area contributed by atoms with E-state index in [0.717, 1.165) is 10.7 Å².